The molecule has 2 N–H and O–H groups in total. The van der Waals surface area contributed by atoms with E-state index in [0.29, 0.717) is 19.3 Å². The van der Waals surface area contributed by atoms with Crippen molar-refractivity contribution in [1.82, 2.24) is 0 Å². The molecule has 0 saturated carbocycles. The Morgan fingerprint density at radius 2 is 2.11 bits per heavy atom. The molecule has 0 fully saturated rings. The van der Waals surface area contributed by atoms with Crippen molar-refractivity contribution in [3.8, 4) is 11.5 Å². The average Bonchev–Trinajstić information content (AvgIpc) is 3.06. The Bertz CT molecular complexity index is 525. The lowest BCUT2D eigenvalue weighted by atomic mass is 9.97. The minimum Gasteiger partial charge on any atom is -0.454 e. The molecule has 0 radical (unpaired) electrons. The number of nitrogens with two attached hydrogens (primary N) is 1. The van der Waals surface area contributed by atoms with E-state index in [1.54, 1.807) is 11.3 Å². The Balaban J connectivity index is 1.79. The molecule has 0 bridgehead atoms. The summed E-state index contributed by atoms with van der Waals surface area (Å²) in [5, 5.41) is 2.09. The van der Waals surface area contributed by atoms with Gasteiger partial charge in [0.05, 0.1) is 0 Å². The maximum Gasteiger partial charge on any atom is 0.231 e. The van der Waals surface area contributed by atoms with E-state index >= 15 is 0 Å². The molecule has 0 saturated heterocycles. The monoisotopic (exact) mass is 261 g/mol. The topological polar surface area (TPSA) is 44.5 Å². The maximum absolute atomic E-state index is 5.88. The lowest BCUT2D eigenvalue weighted by Crippen LogP contribution is -2.13. The van der Waals surface area contributed by atoms with E-state index in [1.165, 1.54) is 10.4 Å². The van der Waals surface area contributed by atoms with Crippen LogP contribution in [0.4, 0.5) is 0 Å². The Morgan fingerprint density at radius 1 is 1.22 bits per heavy atom. The van der Waals surface area contributed by atoms with Gasteiger partial charge in [-0.05, 0) is 35.6 Å². The van der Waals surface area contributed by atoms with Crippen LogP contribution in [0.15, 0.2) is 35.7 Å². The summed E-state index contributed by atoms with van der Waals surface area (Å²) < 4.78 is 10.7. The molecular weight excluding hydrogens is 246 g/mol. The van der Waals surface area contributed by atoms with E-state index in [0.717, 1.165) is 17.9 Å². The standard InChI is InChI=1S/C14H15NO2S/c15-8-11(14-2-1-5-18-14)6-10-3-4-12-13(7-10)17-9-16-12/h1-5,7,11H,6,8-9,15H2. The number of thiophene rings is 1. The molecule has 3 rings (SSSR count). The lowest BCUT2D eigenvalue weighted by Gasteiger charge is -2.13. The number of hydrogen-bond acceptors (Lipinski definition) is 4. The van der Waals surface area contributed by atoms with E-state index < -0.39 is 0 Å². The summed E-state index contributed by atoms with van der Waals surface area (Å²) in [5.74, 6) is 2.05. The van der Waals surface area contributed by atoms with Gasteiger partial charge in [0.15, 0.2) is 11.5 Å². The number of fused-ring (bicyclic) bond motifs is 1. The Kier molecular flexibility index (Phi) is 3.21. The minimum atomic E-state index is 0.323. The zero-order valence-corrected chi connectivity index (χ0v) is 10.8. The van der Waals surface area contributed by atoms with Gasteiger partial charge in [-0.1, -0.05) is 12.1 Å². The molecule has 1 atom stereocenters. The molecule has 2 aromatic rings. The summed E-state index contributed by atoms with van der Waals surface area (Å²) >= 11 is 1.76. The fourth-order valence-corrected chi connectivity index (χ4v) is 3.02. The van der Waals surface area contributed by atoms with Gasteiger partial charge in [-0.15, -0.1) is 11.3 Å². The number of rotatable bonds is 4. The highest BCUT2D eigenvalue weighted by molar-refractivity contribution is 7.10. The first-order valence-electron chi connectivity index (χ1n) is 5.99. The molecule has 0 amide bonds. The molecule has 18 heavy (non-hydrogen) atoms. The molecule has 0 spiro atoms. The molecule has 94 valence electrons. The minimum absolute atomic E-state index is 0.323. The van der Waals surface area contributed by atoms with Crippen molar-refractivity contribution in [2.75, 3.05) is 13.3 Å². The summed E-state index contributed by atoms with van der Waals surface area (Å²) in [6.07, 6.45) is 0.938. The van der Waals surface area contributed by atoms with Crippen molar-refractivity contribution < 1.29 is 9.47 Å². The van der Waals surface area contributed by atoms with Gasteiger partial charge in [-0.2, -0.15) is 0 Å². The smallest absolute Gasteiger partial charge is 0.231 e. The van der Waals surface area contributed by atoms with E-state index in [2.05, 4.69) is 29.6 Å². The normalized spacial score (nSPS) is 14.7. The third kappa shape index (κ3) is 2.21. The van der Waals surface area contributed by atoms with Crippen molar-refractivity contribution >= 4 is 11.3 Å². The average molecular weight is 261 g/mol. The summed E-state index contributed by atoms with van der Waals surface area (Å²) in [6.45, 7) is 0.985. The Morgan fingerprint density at radius 3 is 2.89 bits per heavy atom. The summed E-state index contributed by atoms with van der Waals surface area (Å²) in [7, 11) is 0. The highest BCUT2D eigenvalue weighted by atomic mass is 32.1. The molecule has 1 aromatic carbocycles. The number of benzene rings is 1. The number of hydrogen-bond donors (Lipinski definition) is 1. The third-order valence-electron chi connectivity index (χ3n) is 3.15. The quantitative estimate of drug-likeness (QED) is 0.920. The van der Waals surface area contributed by atoms with Crippen LogP contribution in [0.5, 0.6) is 11.5 Å². The Labute approximate surface area is 110 Å². The predicted octanol–water partition coefficient (Wildman–Crippen LogP) is 2.76. The molecule has 1 unspecified atom stereocenters. The predicted molar refractivity (Wildman–Crippen MR) is 72.4 cm³/mol. The molecule has 1 aliphatic rings. The van der Waals surface area contributed by atoms with Gasteiger partial charge in [-0.3, -0.25) is 0 Å². The van der Waals surface area contributed by atoms with E-state index in [-0.39, 0.29) is 0 Å². The van der Waals surface area contributed by atoms with Crippen LogP contribution in [0.25, 0.3) is 0 Å². The fourth-order valence-electron chi connectivity index (χ4n) is 2.18. The van der Waals surface area contributed by atoms with Crippen molar-refractivity contribution in [2.24, 2.45) is 5.73 Å². The second-order valence-corrected chi connectivity index (χ2v) is 5.32. The van der Waals surface area contributed by atoms with Crippen LogP contribution in [-0.2, 0) is 6.42 Å². The molecule has 3 nitrogen and oxygen atoms in total. The van der Waals surface area contributed by atoms with Crippen LogP contribution in [0.1, 0.15) is 16.4 Å². The van der Waals surface area contributed by atoms with Gasteiger partial charge in [0.2, 0.25) is 6.79 Å². The highest BCUT2D eigenvalue weighted by Crippen LogP contribution is 2.34. The van der Waals surface area contributed by atoms with Crippen molar-refractivity contribution in [3.63, 3.8) is 0 Å². The molecule has 1 aliphatic heterocycles. The van der Waals surface area contributed by atoms with Gasteiger partial charge in [0, 0.05) is 17.3 Å². The SMILES string of the molecule is NCC(Cc1ccc2c(c1)OCO2)c1cccs1. The van der Waals surface area contributed by atoms with Gasteiger partial charge in [0.25, 0.3) is 0 Å². The first kappa shape index (κ1) is 11.6. The zero-order valence-electron chi connectivity index (χ0n) is 9.96. The lowest BCUT2D eigenvalue weighted by molar-refractivity contribution is 0.174. The largest absolute Gasteiger partial charge is 0.454 e. The van der Waals surface area contributed by atoms with Gasteiger partial charge >= 0.3 is 0 Å². The van der Waals surface area contributed by atoms with Crippen LogP contribution in [0.3, 0.4) is 0 Å². The second kappa shape index (κ2) is 5.00. The van der Waals surface area contributed by atoms with E-state index in [1.807, 2.05) is 6.07 Å². The molecule has 2 heterocycles. The maximum atomic E-state index is 5.88. The van der Waals surface area contributed by atoms with Crippen molar-refractivity contribution in [3.05, 3.63) is 46.2 Å². The third-order valence-corrected chi connectivity index (χ3v) is 4.18. The number of ether oxygens (including phenoxy) is 2. The molecule has 1 aromatic heterocycles. The van der Waals surface area contributed by atoms with E-state index in [4.69, 9.17) is 15.2 Å². The molecular formula is C14H15NO2S. The van der Waals surface area contributed by atoms with E-state index in [9.17, 15) is 0 Å². The zero-order chi connectivity index (χ0) is 12.4. The first-order valence-corrected chi connectivity index (χ1v) is 6.87. The summed E-state index contributed by atoms with van der Waals surface area (Å²) in [5.41, 5.74) is 7.11. The molecule has 4 heteroatoms. The first-order chi connectivity index (χ1) is 8.86. The second-order valence-electron chi connectivity index (χ2n) is 4.34. The van der Waals surface area contributed by atoms with Gasteiger partial charge < -0.3 is 15.2 Å². The summed E-state index contributed by atoms with van der Waals surface area (Å²) in [6, 6.07) is 10.3. The van der Waals surface area contributed by atoms with Crippen LogP contribution in [0.2, 0.25) is 0 Å². The van der Waals surface area contributed by atoms with Crippen molar-refractivity contribution in [1.29, 1.82) is 0 Å². The van der Waals surface area contributed by atoms with Crippen LogP contribution in [-0.4, -0.2) is 13.3 Å². The summed E-state index contributed by atoms with van der Waals surface area (Å²) in [4.78, 5) is 1.34. The Hall–Kier alpha value is -1.52. The van der Waals surface area contributed by atoms with Gasteiger partial charge in [0.1, 0.15) is 0 Å². The van der Waals surface area contributed by atoms with Crippen LogP contribution in [0, 0.1) is 0 Å². The van der Waals surface area contributed by atoms with Crippen LogP contribution < -0.4 is 15.2 Å². The van der Waals surface area contributed by atoms with Crippen molar-refractivity contribution in [2.45, 2.75) is 12.3 Å². The molecule has 0 aliphatic carbocycles. The highest BCUT2D eigenvalue weighted by Gasteiger charge is 2.16. The fraction of sp³-hybridized carbons (Fsp3) is 0.286. The van der Waals surface area contributed by atoms with Gasteiger partial charge in [-0.25, -0.2) is 0 Å². The van der Waals surface area contributed by atoms with Crippen LogP contribution >= 0.6 is 11.3 Å².